The number of aryl methyl sites for hydroxylation is 3. The highest BCUT2D eigenvalue weighted by molar-refractivity contribution is 5.94. The van der Waals surface area contributed by atoms with E-state index in [-0.39, 0.29) is 5.91 Å². The van der Waals surface area contributed by atoms with Crippen LogP contribution in [-0.4, -0.2) is 47.0 Å². The summed E-state index contributed by atoms with van der Waals surface area (Å²) in [6, 6.07) is 16.3. The Kier molecular flexibility index (Phi) is 6.03. The smallest absolute Gasteiger partial charge is 0.253 e. The first-order valence-corrected chi connectivity index (χ1v) is 11.0. The third-order valence-corrected chi connectivity index (χ3v) is 6.15. The Morgan fingerprint density at radius 1 is 0.871 bits per heavy atom. The van der Waals surface area contributed by atoms with E-state index in [4.69, 9.17) is 9.97 Å². The number of rotatable bonds is 4. The van der Waals surface area contributed by atoms with Gasteiger partial charge in [0.1, 0.15) is 5.82 Å². The normalized spacial score (nSPS) is 14.1. The molecule has 1 fully saturated rings. The summed E-state index contributed by atoms with van der Waals surface area (Å²) in [5, 5.41) is 0. The minimum absolute atomic E-state index is 0.109. The average molecular weight is 415 g/mol. The molecule has 1 aliphatic rings. The van der Waals surface area contributed by atoms with Gasteiger partial charge in [0.15, 0.2) is 5.82 Å². The standard InChI is InChI=1S/C26H30N4O/c1-5-21-8-12-23(13-9-21)26(31)30-16-14-29(15-17-30)25-19(3)20(4)27-24(28-25)22-10-6-18(2)7-11-22/h6-13H,5,14-17H2,1-4H3. The van der Waals surface area contributed by atoms with Crippen LogP contribution in [0.3, 0.4) is 0 Å². The van der Waals surface area contributed by atoms with Crippen LogP contribution in [-0.2, 0) is 6.42 Å². The lowest BCUT2D eigenvalue weighted by Gasteiger charge is -2.36. The maximum Gasteiger partial charge on any atom is 0.253 e. The van der Waals surface area contributed by atoms with Gasteiger partial charge in [0.25, 0.3) is 5.91 Å². The minimum Gasteiger partial charge on any atom is -0.353 e. The number of piperazine rings is 1. The summed E-state index contributed by atoms with van der Waals surface area (Å²) in [7, 11) is 0. The van der Waals surface area contributed by atoms with Crippen LogP contribution < -0.4 is 4.90 Å². The summed E-state index contributed by atoms with van der Waals surface area (Å²) >= 11 is 0. The van der Waals surface area contributed by atoms with Crippen molar-refractivity contribution in [3.8, 4) is 11.4 Å². The van der Waals surface area contributed by atoms with Crippen LogP contribution in [0.1, 0.15) is 39.7 Å². The third-order valence-electron chi connectivity index (χ3n) is 6.15. The number of nitrogens with zero attached hydrogens (tertiary/aromatic N) is 4. The Hall–Kier alpha value is -3.21. The molecule has 0 aliphatic carbocycles. The van der Waals surface area contributed by atoms with Crippen molar-refractivity contribution in [3.05, 3.63) is 76.5 Å². The molecule has 3 aromatic rings. The zero-order valence-electron chi connectivity index (χ0n) is 18.9. The predicted octanol–water partition coefficient (Wildman–Crippen LogP) is 4.59. The molecule has 0 atom stereocenters. The minimum atomic E-state index is 0.109. The van der Waals surface area contributed by atoms with Crippen molar-refractivity contribution in [2.45, 2.75) is 34.1 Å². The van der Waals surface area contributed by atoms with Crippen molar-refractivity contribution >= 4 is 11.7 Å². The zero-order chi connectivity index (χ0) is 22.0. The van der Waals surface area contributed by atoms with Gasteiger partial charge in [-0.1, -0.05) is 48.9 Å². The molecule has 1 saturated heterocycles. The lowest BCUT2D eigenvalue weighted by molar-refractivity contribution is 0.0746. The molecule has 0 saturated carbocycles. The molecule has 1 aliphatic heterocycles. The Balaban J connectivity index is 1.50. The van der Waals surface area contributed by atoms with Crippen LogP contribution in [0.15, 0.2) is 48.5 Å². The molecule has 0 spiro atoms. The van der Waals surface area contributed by atoms with Crippen molar-refractivity contribution in [2.24, 2.45) is 0 Å². The second-order valence-electron chi connectivity index (χ2n) is 8.28. The summed E-state index contributed by atoms with van der Waals surface area (Å²) in [5.74, 6) is 1.84. The lowest BCUT2D eigenvalue weighted by Crippen LogP contribution is -2.49. The number of benzene rings is 2. The van der Waals surface area contributed by atoms with E-state index in [0.29, 0.717) is 13.1 Å². The van der Waals surface area contributed by atoms with Crippen molar-refractivity contribution in [1.29, 1.82) is 0 Å². The fraction of sp³-hybridized carbons (Fsp3) is 0.346. The number of carbonyl (C=O) groups is 1. The van der Waals surface area contributed by atoms with E-state index >= 15 is 0 Å². The van der Waals surface area contributed by atoms with Gasteiger partial charge in [-0.25, -0.2) is 9.97 Å². The molecule has 2 aromatic carbocycles. The summed E-state index contributed by atoms with van der Waals surface area (Å²) in [4.78, 5) is 26.8. The Labute approximate surface area is 184 Å². The van der Waals surface area contributed by atoms with E-state index in [0.717, 1.165) is 53.5 Å². The zero-order valence-corrected chi connectivity index (χ0v) is 18.9. The van der Waals surface area contributed by atoms with Crippen molar-refractivity contribution < 1.29 is 4.79 Å². The van der Waals surface area contributed by atoms with Gasteiger partial charge in [0.2, 0.25) is 0 Å². The molecular weight excluding hydrogens is 384 g/mol. The van der Waals surface area contributed by atoms with Crippen LogP contribution in [0.5, 0.6) is 0 Å². The van der Waals surface area contributed by atoms with Gasteiger partial charge in [0.05, 0.1) is 0 Å². The van der Waals surface area contributed by atoms with Crippen LogP contribution in [0.25, 0.3) is 11.4 Å². The lowest BCUT2D eigenvalue weighted by atomic mass is 10.1. The van der Waals surface area contributed by atoms with Crippen molar-refractivity contribution in [2.75, 3.05) is 31.1 Å². The van der Waals surface area contributed by atoms with E-state index in [1.807, 2.05) is 36.1 Å². The molecule has 31 heavy (non-hydrogen) atoms. The molecule has 0 N–H and O–H groups in total. The first-order chi connectivity index (χ1) is 15.0. The third kappa shape index (κ3) is 4.46. The highest BCUT2D eigenvalue weighted by atomic mass is 16.2. The van der Waals surface area contributed by atoms with Gasteiger partial charge in [-0.3, -0.25) is 4.79 Å². The van der Waals surface area contributed by atoms with E-state index in [2.05, 4.69) is 49.9 Å². The Morgan fingerprint density at radius 2 is 1.52 bits per heavy atom. The second kappa shape index (κ2) is 8.88. The summed E-state index contributed by atoms with van der Waals surface area (Å²) in [6.07, 6.45) is 0.982. The number of amides is 1. The molecule has 160 valence electrons. The van der Waals surface area contributed by atoms with Crippen LogP contribution >= 0.6 is 0 Å². The van der Waals surface area contributed by atoms with Crippen molar-refractivity contribution in [3.63, 3.8) is 0 Å². The number of aromatic nitrogens is 2. The van der Waals surface area contributed by atoms with E-state index < -0.39 is 0 Å². The van der Waals surface area contributed by atoms with Crippen molar-refractivity contribution in [1.82, 2.24) is 14.9 Å². The van der Waals surface area contributed by atoms with Crippen LogP contribution in [0.2, 0.25) is 0 Å². The number of hydrogen-bond donors (Lipinski definition) is 0. The largest absolute Gasteiger partial charge is 0.353 e. The molecule has 0 bridgehead atoms. The number of anilines is 1. The number of carbonyl (C=O) groups excluding carboxylic acids is 1. The second-order valence-corrected chi connectivity index (χ2v) is 8.28. The van der Waals surface area contributed by atoms with E-state index in [1.54, 1.807) is 0 Å². The first-order valence-electron chi connectivity index (χ1n) is 11.0. The Bertz CT molecular complexity index is 1070. The topological polar surface area (TPSA) is 49.3 Å². The summed E-state index contributed by atoms with van der Waals surface area (Å²) in [6.45, 7) is 11.2. The van der Waals surface area contributed by atoms with E-state index in [1.165, 1.54) is 11.1 Å². The van der Waals surface area contributed by atoms with Crippen LogP contribution in [0, 0.1) is 20.8 Å². The number of hydrogen-bond acceptors (Lipinski definition) is 4. The summed E-state index contributed by atoms with van der Waals surface area (Å²) in [5.41, 5.74) is 6.36. The highest BCUT2D eigenvalue weighted by Gasteiger charge is 2.25. The first kappa shape index (κ1) is 21.0. The molecule has 0 radical (unpaired) electrons. The summed E-state index contributed by atoms with van der Waals surface area (Å²) < 4.78 is 0. The van der Waals surface area contributed by atoms with E-state index in [9.17, 15) is 4.79 Å². The molecule has 1 amide bonds. The van der Waals surface area contributed by atoms with Gasteiger partial charge in [-0.2, -0.15) is 0 Å². The van der Waals surface area contributed by atoms with Gasteiger partial charge in [-0.05, 0) is 44.9 Å². The van der Waals surface area contributed by atoms with Gasteiger partial charge >= 0.3 is 0 Å². The molecule has 5 nitrogen and oxygen atoms in total. The fourth-order valence-corrected chi connectivity index (χ4v) is 3.94. The predicted molar refractivity (Wildman–Crippen MR) is 126 cm³/mol. The maximum absolute atomic E-state index is 12.9. The molecule has 1 aromatic heterocycles. The monoisotopic (exact) mass is 414 g/mol. The van der Waals surface area contributed by atoms with Gasteiger partial charge < -0.3 is 9.80 Å². The SMILES string of the molecule is CCc1ccc(C(=O)N2CCN(c3nc(-c4ccc(C)cc4)nc(C)c3C)CC2)cc1. The quantitative estimate of drug-likeness (QED) is 0.626. The Morgan fingerprint density at radius 3 is 2.13 bits per heavy atom. The molecule has 2 heterocycles. The van der Waals surface area contributed by atoms with Gasteiger partial charge in [0, 0.05) is 48.6 Å². The maximum atomic E-state index is 12.9. The molecular formula is C26H30N4O. The molecule has 5 heteroatoms. The molecule has 0 unspecified atom stereocenters. The average Bonchev–Trinajstić information content (AvgIpc) is 2.81. The van der Waals surface area contributed by atoms with Gasteiger partial charge in [-0.15, -0.1) is 0 Å². The van der Waals surface area contributed by atoms with Crippen LogP contribution in [0.4, 0.5) is 5.82 Å². The fourth-order valence-electron chi connectivity index (χ4n) is 3.94. The molecule has 4 rings (SSSR count). The highest BCUT2D eigenvalue weighted by Crippen LogP contribution is 2.26.